The van der Waals surface area contributed by atoms with E-state index in [0.717, 1.165) is 5.69 Å². The van der Waals surface area contributed by atoms with E-state index in [4.69, 9.17) is 5.84 Å². The van der Waals surface area contributed by atoms with Gasteiger partial charge in [-0.25, -0.2) is 15.2 Å². The first-order valence-corrected chi connectivity index (χ1v) is 5.41. The van der Waals surface area contributed by atoms with Crippen LogP contribution in [0.5, 0.6) is 0 Å². The fourth-order valence-corrected chi connectivity index (χ4v) is 1.43. The molecule has 0 aliphatic heterocycles. The summed E-state index contributed by atoms with van der Waals surface area (Å²) in [6.45, 7) is 0. The largest absolute Gasteiger partial charge is 0.325 e. The van der Waals surface area contributed by atoms with E-state index in [2.05, 4.69) is 15.7 Å². The minimum atomic E-state index is -0.323. The Morgan fingerprint density at radius 2 is 1.83 bits per heavy atom. The molecule has 4 nitrogen and oxygen atoms in total. The van der Waals surface area contributed by atoms with Gasteiger partial charge in [0.2, 0.25) is 5.96 Å². The van der Waals surface area contributed by atoms with Crippen LogP contribution in [0.1, 0.15) is 0 Å². The summed E-state index contributed by atoms with van der Waals surface area (Å²) in [5.41, 5.74) is 3.75. The number of rotatable bonds is 2. The summed E-state index contributed by atoms with van der Waals surface area (Å²) in [5.74, 6) is 5.39. The first kappa shape index (κ1) is 12.1. The molecule has 0 aromatic heterocycles. The van der Waals surface area contributed by atoms with Crippen LogP contribution in [0.25, 0.3) is 0 Å². The van der Waals surface area contributed by atoms with Crippen molar-refractivity contribution in [1.29, 1.82) is 0 Å². The van der Waals surface area contributed by atoms with Gasteiger partial charge in [0, 0.05) is 5.69 Å². The number of anilines is 1. The van der Waals surface area contributed by atoms with Gasteiger partial charge in [-0.1, -0.05) is 24.3 Å². The second kappa shape index (κ2) is 5.79. The molecule has 18 heavy (non-hydrogen) atoms. The smallest absolute Gasteiger partial charge is 0.215 e. The van der Waals surface area contributed by atoms with Crippen molar-refractivity contribution in [2.24, 2.45) is 10.8 Å². The number of nitrogens with two attached hydrogens (primary N) is 1. The van der Waals surface area contributed by atoms with Gasteiger partial charge in [-0.05, 0) is 30.3 Å². The Balaban J connectivity index is 2.17. The summed E-state index contributed by atoms with van der Waals surface area (Å²) in [6.07, 6.45) is 0. The Kier molecular flexibility index (Phi) is 3.88. The Morgan fingerprint density at radius 1 is 1.06 bits per heavy atom. The fraction of sp³-hybridized carbons (Fsp3) is 0. The molecule has 0 spiro atoms. The normalized spacial score (nSPS) is 11.1. The Hall–Kier alpha value is -2.40. The van der Waals surface area contributed by atoms with Crippen LogP contribution in [0.15, 0.2) is 59.6 Å². The lowest BCUT2D eigenvalue weighted by molar-refractivity contribution is 0.628. The second-order valence-electron chi connectivity index (χ2n) is 3.58. The van der Waals surface area contributed by atoms with Crippen molar-refractivity contribution in [1.82, 2.24) is 5.43 Å². The minimum Gasteiger partial charge on any atom is -0.325 e. The van der Waals surface area contributed by atoms with Gasteiger partial charge in [-0.3, -0.25) is 5.43 Å². The lowest BCUT2D eigenvalue weighted by atomic mass is 10.3. The number of hydrogen-bond donors (Lipinski definition) is 3. The lowest BCUT2D eigenvalue weighted by Gasteiger charge is -2.08. The maximum absolute atomic E-state index is 13.0. The van der Waals surface area contributed by atoms with Crippen molar-refractivity contribution < 1.29 is 4.39 Å². The highest BCUT2D eigenvalue weighted by Gasteiger charge is 1.99. The average molecular weight is 244 g/mol. The number of para-hydroxylation sites is 1. The topological polar surface area (TPSA) is 62.4 Å². The van der Waals surface area contributed by atoms with Crippen LogP contribution in [0.3, 0.4) is 0 Å². The van der Waals surface area contributed by atoms with Gasteiger partial charge in [-0.2, -0.15) is 0 Å². The maximum atomic E-state index is 13.0. The molecule has 2 aromatic carbocycles. The van der Waals surface area contributed by atoms with Gasteiger partial charge in [0.05, 0.1) is 5.69 Å². The summed E-state index contributed by atoms with van der Waals surface area (Å²) < 4.78 is 13.0. The summed E-state index contributed by atoms with van der Waals surface area (Å²) in [4.78, 5) is 4.25. The van der Waals surface area contributed by atoms with Crippen LogP contribution in [0, 0.1) is 5.82 Å². The monoisotopic (exact) mass is 244 g/mol. The molecule has 0 fully saturated rings. The van der Waals surface area contributed by atoms with Crippen LogP contribution in [-0.2, 0) is 0 Å². The van der Waals surface area contributed by atoms with E-state index in [1.807, 2.05) is 30.3 Å². The number of hydrazine groups is 1. The molecule has 92 valence electrons. The number of nitrogens with one attached hydrogen (secondary N) is 2. The van der Waals surface area contributed by atoms with Crippen LogP contribution in [0.2, 0.25) is 0 Å². The Labute approximate surface area is 104 Å². The first-order valence-electron chi connectivity index (χ1n) is 5.41. The van der Waals surface area contributed by atoms with E-state index >= 15 is 0 Å². The molecular weight excluding hydrogens is 231 g/mol. The third-order valence-corrected chi connectivity index (χ3v) is 2.22. The molecule has 0 unspecified atom stereocenters. The van der Waals surface area contributed by atoms with Gasteiger partial charge < -0.3 is 5.32 Å². The highest BCUT2D eigenvalue weighted by molar-refractivity contribution is 5.94. The number of guanidine groups is 1. The third kappa shape index (κ3) is 3.29. The minimum absolute atomic E-state index is 0.323. The van der Waals surface area contributed by atoms with Crippen LogP contribution in [0.4, 0.5) is 15.8 Å². The van der Waals surface area contributed by atoms with E-state index < -0.39 is 0 Å². The van der Waals surface area contributed by atoms with Crippen molar-refractivity contribution in [2.45, 2.75) is 0 Å². The number of hydrogen-bond acceptors (Lipinski definition) is 2. The summed E-state index contributed by atoms with van der Waals surface area (Å²) in [5, 5.41) is 2.89. The van der Waals surface area contributed by atoms with E-state index in [9.17, 15) is 4.39 Å². The number of aliphatic imine (C=N–C) groups is 1. The summed E-state index contributed by atoms with van der Waals surface area (Å²) in [6, 6.07) is 15.4. The first-order chi connectivity index (χ1) is 8.78. The Bertz CT molecular complexity index is 540. The van der Waals surface area contributed by atoms with Gasteiger partial charge in [-0.15, -0.1) is 0 Å². The SMILES string of the molecule is NNC(=Nc1ccccc1)Nc1cccc(F)c1. The number of halogens is 1. The average Bonchev–Trinajstić information content (AvgIpc) is 2.39. The number of nitrogens with zero attached hydrogens (tertiary/aromatic N) is 1. The standard InChI is InChI=1S/C13H13FN4/c14-10-5-4-8-12(9-10)17-13(18-15)16-11-6-2-1-3-7-11/h1-9H,15H2,(H2,16,17,18). The molecule has 5 heteroatoms. The molecule has 0 heterocycles. The van der Waals surface area contributed by atoms with Crippen LogP contribution in [-0.4, -0.2) is 5.96 Å². The molecule has 0 saturated carbocycles. The predicted molar refractivity (Wildman–Crippen MR) is 70.9 cm³/mol. The lowest BCUT2D eigenvalue weighted by Crippen LogP contribution is -2.35. The molecule has 2 aromatic rings. The van der Waals surface area contributed by atoms with Gasteiger partial charge >= 0.3 is 0 Å². The molecule has 0 bridgehead atoms. The fourth-order valence-electron chi connectivity index (χ4n) is 1.43. The zero-order chi connectivity index (χ0) is 12.8. The van der Waals surface area contributed by atoms with Crippen molar-refractivity contribution >= 4 is 17.3 Å². The second-order valence-corrected chi connectivity index (χ2v) is 3.58. The summed E-state index contributed by atoms with van der Waals surface area (Å²) in [7, 11) is 0. The molecule has 0 radical (unpaired) electrons. The quantitative estimate of drug-likeness (QED) is 0.329. The van der Waals surface area contributed by atoms with E-state index in [1.165, 1.54) is 12.1 Å². The molecular formula is C13H13FN4. The highest BCUT2D eigenvalue weighted by Crippen LogP contribution is 2.12. The molecule has 0 atom stereocenters. The van der Waals surface area contributed by atoms with E-state index in [1.54, 1.807) is 12.1 Å². The van der Waals surface area contributed by atoms with Crippen molar-refractivity contribution in [2.75, 3.05) is 5.32 Å². The van der Waals surface area contributed by atoms with E-state index in [-0.39, 0.29) is 5.82 Å². The van der Waals surface area contributed by atoms with Gasteiger partial charge in [0.25, 0.3) is 0 Å². The molecule has 4 N–H and O–H groups in total. The van der Waals surface area contributed by atoms with Crippen molar-refractivity contribution in [3.8, 4) is 0 Å². The Morgan fingerprint density at radius 3 is 2.50 bits per heavy atom. The predicted octanol–water partition coefficient (Wildman–Crippen LogP) is 2.39. The molecule has 0 aliphatic rings. The van der Waals surface area contributed by atoms with Gasteiger partial charge in [0.1, 0.15) is 5.82 Å². The molecule has 0 saturated heterocycles. The summed E-state index contributed by atoms with van der Waals surface area (Å²) >= 11 is 0. The third-order valence-electron chi connectivity index (χ3n) is 2.22. The van der Waals surface area contributed by atoms with Gasteiger partial charge in [0.15, 0.2) is 0 Å². The zero-order valence-electron chi connectivity index (χ0n) is 9.60. The van der Waals surface area contributed by atoms with Crippen LogP contribution < -0.4 is 16.6 Å². The zero-order valence-corrected chi connectivity index (χ0v) is 9.60. The highest BCUT2D eigenvalue weighted by atomic mass is 19.1. The van der Waals surface area contributed by atoms with E-state index in [0.29, 0.717) is 11.6 Å². The maximum Gasteiger partial charge on any atom is 0.215 e. The molecule has 2 rings (SSSR count). The van der Waals surface area contributed by atoms with Crippen molar-refractivity contribution in [3.63, 3.8) is 0 Å². The number of benzene rings is 2. The van der Waals surface area contributed by atoms with Crippen molar-refractivity contribution in [3.05, 3.63) is 60.4 Å². The molecule has 0 aliphatic carbocycles. The molecule has 0 amide bonds. The van der Waals surface area contributed by atoms with Crippen LogP contribution >= 0.6 is 0 Å².